The Morgan fingerprint density at radius 1 is 1.50 bits per heavy atom. The van der Waals surface area contributed by atoms with E-state index in [1.807, 2.05) is 6.08 Å². The number of allylic oxidation sites excluding steroid dienone is 1. The second kappa shape index (κ2) is 5.89. The van der Waals surface area contributed by atoms with E-state index in [1.54, 1.807) is 14.2 Å². The Labute approximate surface area is 70.3 Å². The number of ether oxygens (including phenoxy) is 2. The molecule has 0 heterocycles. The van der Waals surface area contributed by atoms with Gasteiger partial charge in [0.15, 0.2) is 6.29 Å². The van der Waals surface area contributed by atoms with E-state index < -0.39 is 0 Å². The number of halogens is 1. The summed E-state index contributed by atoms with van der Waals surface area (Å²) in [5.74, 6) is 0. The SMILES string of the molecule is CCC=C(Br)C(OC)OC. The highest BCUT2D eigenvalue weighted by Crippen LogP contribution is 2.14. The summed E-state index contributed by atoms with van der Waals surface area (Å²) in [5, 5.41) is 0. The zero-order chi connectivity index (χ0) is 7.98. The first-order valence-electron chi connectivity index (χ1n) is 3.17. The molecule has 0 atom stereocenters. The maximum atomic E-state index is 4.98. The van der Waals surface area contributed by atoms with E-state index in [2.05, 4.69) is 22.9 Å². The molecule has 0 aromatic rings. The average molecular weight is 209 g/mol. The Morgan fingerprint density at radius 3 is 2.30 bits per heavy atom. The van der Waals surface area contributed by atoms with E-state index in [9.17, 15) is 0 Å². The van der Waals surface area contributed by atoms with Crippen LogP contribution in [0.2, 0.25) is 0 Å². The van der Waals surface area contributed by atoms with E-state index in [4.69, 9.17) is 9.47 Å². The Hall–Kier alpha value is 0.140. The lowest BCUT2D eigenvalue weighted by atomic mass is 10.4. The molecule has 0 aliphatic carbocycles. The third-order valence-corrected chi connectivity index (χ3v) is 1.75. The first kappa shape index (κ1) is 10.1. The molecule has 0 aromatic carbocycles. The lowest BCUT2D eigenvalue weighted by molar-refractivity contribution is -0.0688. The van der Waals surface area contributed by atoms with Gasteiger partial charge in [-0.3, -0.25) is 0 Å². The average Bonchev–Trinajstić information content (AvgIpc) is 1.91. The summed E-state index contributed by atoms with van der Waals surface area (Å²) < 4.78 is 10.9. The molecular weight excluding hydrogens is 196 g/mol. The Bertz CT molecular complexity index is 108. The molecule has 0 unspecified atom stereocenters. The fourth-order valence-electron chi connectivity index (χ4n) is 0.613. The van der Waals surface area contributed by atoms with Crippen molar-refractivity contribution in [2.45, 2.75) is 19.6 Å². The maximum absolute atomic E-state index is 4.98. The van der Waals surface area contributed by atoms with Crippen LogP contribution in [0.15, 0.2) is 10.6 Å². The highest BCUT2D eigenvalue weighted by molar-refractivity contribution is 9.11. The molecule has 0 saturated carbocycles. The van der Waals surface area contributed by atoms with Gasteiger partial charge in [-0.15, -0.1) is 0 Å². The normalized spacial score (nSPS) is 12.7. The van der Waals surface area contributed by atoms with Gasteiger partial charge in [-0.2, -0.15) is 0 Å². The number of rotatable bonds is 4. The number of hydrogen-bond donors (Lipinski definition) is 0. The van der Waals surface area contributed by atoms with Gasteiger partial charge in [0.2, 0.25) is 0 Å². The van der Waals surface area contributed by atoms with E-state index >= 15 is 0 Å². The second-order valence-electron chi connectivity index (χ2n) is 1.80. The van der Waals surface area contributed by atoms with Crippen LogP contribution in [0.5, 0.6) is 0 Å². The summed E-state index contributed by atoms with van der Waals surface area (Å²) in [6.07, 6.45) is 2.74. The molecule has 0 aliphatic heterocycles. The Kier molecular flexibility index (Phi) is 5.97. The van der Waals surface area contributed by atoms with Crippen LogP contribution in [0, 0.1) is 0 Å². The zero-order valence-corrected chi connectivity index (χ0v) is 8.14. The molecule has 0 spiro atoms. The van der Waals surface area contributed by atoms with Gasteiger partial charge in [0, 0.05) is 18.7 Å². The topological polar surface area (TPSA) is 18.5 Å². The molecule has 0 bridgehead atoms. The second-order valence-corrected chi connectivity index (χ2v) is 2.72. The predicted octanol–water partition coefficient (Wildman–Crippen LogP) is 2.29. The highest BCUT2D eigenvalue weighted by atomic mass is 79.9. The molecular formula is C7H13BrO2. The largest absolute Gasteiger partial charge is 0.351 e. The molecule has 60 valence electrons. The lowest BCUT2D eigenvalue weighted by Gasteiger charge is -2.11. The van der Waals surface area contributed by atoms with Crippen molar-refractivity contribution in [1.29, 1.82) is 0 Å². The van der Waals surface area contributed by atoms with E-state index in [1.165, 1.54) is 0 Å². The van der Waals surface area contributed by atoms with Crippen molar-refractivity contribution < 1.29 is 9.47 Å². The Morgan fingerprint density at radius 2 is 2.00 bits per heavy atom. The third-order valence-electron chi connectivity index (χ3n) is 1.05. The molecule has 0 amide bonds. The first-order chi connectivity index (χ1) is 4.76. The molecule has 10 heavy (non-hydrogen) atoms. The van der Waals surface area contributed by atoms with Crippen molar-refractivity contribution in [2.75, 3.05) is 14.2 Å². The van der Waals surface area contributed by atoms with Crippen LogP contribution in [-0.4, -0.2) is 20.5 Å². The van der Waals surface area contributed by atoms with Crippen LogP contribution in [-0.2, 0) is 9.47 Å². The number of hydrogen-bond acceptors (Lipinski definition) is 2. The summed E-state index contributed by atoms with van der Waals surface area (Å²) in [6, 6.07) is 0. The fraction of sp³-hybridized carbons (Fsp3) is 0.714. The standard InChI is InChI=1S/C7H13BrO2/c1-4-5-6(8)7(9-2)10-3/h5,7H,4H2,1-3H3. The minimum atomic E-state index is -0.250. The van der Waals surface area contributed by atoms with Crippen LogP contribution >= 0.6 is 15.9 Å². The van der Waals surface area contributed by atoms with Gasteiger partial charge in [-0.25, -0.2) is 0 Å². The van der Waals surface area contributed by atoms with Crippen LogP contribution in [0.4, 0.5) is 0 Å². The fourth-order valence-corrected chi connectivity index (χ4v) is 1.31. The van der Waals surface area contributed by atoms with Gasteiger partial charge in [0.05, 0.1) is 0 Å². The van der Waals surface area contributed by atoms with Crippen LogP contribution in [0.3, 0.4) is 0 Å². The van der Waals surface area contributed by atoms with Gasteiger partial charge in [0.1, 0.15) is 0 Å². The maximum Gasteiger partial charge on any atom is 0.189 e. The molecule has 0 fully saturated rings. The van der Waals surface area contributed by atoms with Gasteiger partial charge >= 0.3 is 0 Å². The Balaban J connectivity index is 3.87. The summed E-state index contributed by atoms with van der Waals surface area (Å²) >= 11 is 3.34. The number of methoxy groups -OCH3 is 2. The smallest absolute Gasteiger partial charge is 0.189 e. The van der Waals surface area contributed by atoms with E-state index in [0.717, 1.165) is 10.9 Å². The van der Waals surface area contributed by atoms with Gasteiger partial charge in [0.25, 0.3) is 0 Å². The molecule has 0 saturated heterocycles. The van der Waals surface area contributed by atoms with Gasteiger partial charge in [-0.1, -0.05) is 28.9 Å². The minimum Gasteiger partial charge on any atom is -0.351 e. The molecule has 0 aliphatic rings. The molecule has 0 aromatic heterocycles. The third kappa shape index (κ3) is 3.34. The minimum absolute atomic E-state index is 0.250. The van der Waals surface area contributed by atoms with Crippen LogP contribution < -0.4 is 0 Å². The van der Waals surface area contributed by atoms with E-state index in [-0.39, 0.29) is 6.29 Å². The van der Waals surface area contributed by atoms with Gasteiger partial charge in [-0.05, 0) is 6.42 Å². The van der Waals surface area contributed by atoms with Crippen LogP contribution in [0.1, 0.15) is 13.3 Å². The molecule has 2 nitrogen and oxygen atoms in total. The molecule has 0 radical (unpaired) electrons. The summed E-state index contributed by atoms with van der Waals surface area (Å²) in [4.78, 5) is 0. The summed E-state index contributed by atoms with van der Waals surface area (Å²) in [6.45, 7) is 2.06. The van der Waals surface area contributed by atoms with Crippen molar-refractivity contribution in [3.63, 3.8) is 0 Å². The monoisotopic (exact) mass is 208 g/mol. The molecule has 3 heteroatoms. The van der Waals surface area contributed by atoms with Crippen molar-refractivity contribution in [3.8, 4) is 0 Å². The zero-order valence-electron chi connectivity index (χ0n) is 6.56. The first-order valence-corrected chi connectivity index (χ1v) is 3.96. The van der Waals surface area contributed by atoms with Gasteiger partial charge < -0.3 is 9.47 Å². The van der Waals surface area contributed by atoms with Crippen molar-refractivity contribution >= 4 is 15.9 Å². The van der Waals surface area contributed by atoms with Crippen molar-refractivity contribution in [3.05, 3.63) is 10.6 Å². The predicted molar refractivity (Wildman–Crippen MR) is 45.1 cm³/mol. The summed E-state index contributed by atoms with van der Waals surface area (Å²) in [5.41, 5.74) is 0. The van der Waals surface area contributed by atoms with E-state index in [0.29, 0.717) is 0 Å². The van der Waals surface area contributed by atoms with Crippen LogP contribution in [0.25, 0.3) is 0 Å². The molecule has 0 N–H and O–H groups in total. The molecule has 0 rings (SSSR count). The highest BCUT2D eigenvalue weighted by Gasteiger charge is 2.06. The van der Waals surface area contributed by atoms with Crippen molar-refractivity contribution in [2.24, 2.45) is 0 Å². The summed E-state index contributed by atoms with van der Waals surface area (Å²) in [7, 11) is 3.22. The van der Waals surface area contributed by atoms with Crippen molar-refractivity contribution in [1.82, 2.24) is 0 Å². The lowest BCUT2D eigenvalue weighted by Crippen LogP contribution is -2.12. The quantitative estimate of drug-likeness (QED) is 0.661.